The molecular weight excluding hydrogens is 444 g/mol. The molecule has 192 valence electrons. The predicted octanol–water partition coefficient (Wildman–Crippen LogP) is 5.98. The van der Waals surface area contributed by atoms with Gasteiger partial charge >= 0.3 is 0 Å². The van der Waals surface area contributed by atoms with Gasteiger partial charge in [0.05, 0.1) is 10.9 Å². The fourth-order valence-electron chi connectivity index (χ4n) is 5.07. The van der Waals surface area contributed by atoms with Gasteiger partial charge in [-0.05, 0) is 69.6 Å². The molecular formula is C26H45F2NO3S. The van der Waals surface area contributed by atoms with Gasteiger partial charge in [0.25, 0.3) is 0 Å². The van der Waals surface area contributed by atoms with Crippen molar-refractivity contribution in [3.8, 4) is 0 Å². The van der Waals surface area contributed by atoms with Crippen molar-refractivity contribution in [2.75, 3.05) is 26.0 Å². The second-order valence-electron chi connectivity index (χ2n) is 11.7. The van der Waals surface area contributed by atoms with Crippen LogP contribution in [0.4, 0.5) is 8.78 Å². The highest BCUT2D eigenvalue weighted by Gasteiger charge is 2.45. The predicted molar refractivity (Wildman–Crippen MR) is 132 cm³/mol. The van der Waals surface area contributed by atoms with E-state index >= 15 is 0 Å². The molecule has 4 nitrogen and oxygen atoms in total. The first-order chi connectivity index (χ1) is 15.3. The number of halogens is 2. The molecule has 0 aromatic carbocycles. The topological polar surface area (TPSA) is 46.6 Å². The number of carbonyl (C=O) groups is 1. The van der Waals surface area contributed by atoms with Gasteiger partial charge in [0, 0.05) is 49.1 Å². The number of hydrogen-bond acceptors (Lipinski definition) is 3. The van der Waals surface area contributed by atoms with Gasteiger partial charge in [-0.25, -0.2) is 8.78 Å². The van der Waals surface area contributed by atoms with E-state index < -0.39 is 22.6 Å². The zero-order valence-corrected chi connectivity index (χ0v) is 22.3. The molecule has 1 saturated carbocycles. The molecule has 33 heavy (non-hydrogen) atoms. The number of hydrogen-bond donors (Lipinski definition) is 0. The second kappa shape index (κ2) is 11.7. The van der Waals surface area contributed by atoms with E-state index in [9.17, 15) is 17.8 Å². The molecule has 3 atom stereocenters. The maximum Gasteiger partial charge on any atom is 0.243 e. The minimum Gasteiger partial charge on any atom is -0.371 e. The smallest absolute Gasteiger partial charge is 0.243 e. The highest BCUT2D eigenvalue weighted by atomic mass is 32.2. The summed E-state index contributed by atoms with van der Waals surface area (Å²) in [5, 5.41) is 0.201. The molecule has 2 aliphatic carbocycles. The third kappa shape index (κ3) is 8.72. The van der Waals surface area contributed by atoms with E-state index in [4.69, 9.17) is 4.74 Å². The molecule has 1 aliphatic heterocycles. The standard InChI is InChI=1S/C21H35NO3S.C5H10F2/c1-17(23)22-12-10-21(11-13-22)15-18(16-21)5-4-14-25-20(2)8-6-19(7-9-20)26(3)24;1-5(2,3)4(6)7/h6,8,18-19H,4-5,7,9-16H2,1-3H3;4H,1-3H3/t19?,20-,26?;/m0./s1. The number of nitrogens with zero attached hydrogens (tertiary/aromatic N) is 1. The summed E-state index contributed by atoms with van der Waals surface area (Å²) in [4.78, 5) is 13.5. The summed E-state index contributed by atoms with van der Waals surface area (Å²) in [5.74, 6) is 1.08. The van der Waals surface area contributed by atoms with Crippen LogP contribution in [0.3, 0.4) is 0 Å². The lowest BCUT2D eigenvalue weighted by Crippen LogP contribution is -2.48. The normalized spacial score (nSPS) is 28.3. The number of carbonyl (C=O) groups excluding carboxylic acids is 1. The lowest BCUT2D eigenvalue weighted by Gasteiger charge is -2.52. The summed E-state index contributed by atoms with van der Waals surface area (Å²) in [6, 6.07) is 0. The molecule has 0 bridgehead atoms. The van der Waals surface area contributed by atoms with E-state index in [1.165, 1.54) is 52.9 Å². The maximum absolute atomic E-state index is 11.6. The van der Waals surface area contributed by atoms with Gasteiger partial charge in [-0.2, -0.15) is 0 Å². The molecule has 0 radical (unpaired) electrons. The van der Waals surface area contributed by atoms with Crippen molar-refractivity contribution in [3.05, 3.63) is 12.2 Å². The van der Waals surface area contributed by atoms with Gasteiger partial charge in [0.2, 0.25) is 12.3 Å². The molecule has 7 heteroatoms. The SMILES string of the molecule is CC(=O)N1CCC2(CC1)CC(CCCO[C@@]1(C)C=CC(S(C)=O)CC1)C2.CC(C)(C)C(F)F. The quantitative estimate of drug-likeness (QED) is 0.341. The highest BCUT2D eigenvalue weighted by Crippen LogP contribution is 2.54. The summed E-state index contributed by atoms with van der Waals surface area (Å²) in [7, 11) is -0.767. The Hall–Kier alpha value is -0.820. The number of piperidine rings is 1. The molecule has 1 spiro atoms. The molecule has 3 aliphatic rings. The van der Waals surface area contributed by atoms with Gasteiger partial charge in [0.15, 0.2) is 0 Å². The lowest BCUT2D eigenvalue weighted by atomic mass is 9.56. The van der Waals surface area contributed by atoms with Crippen LogP contribution < -0.4 is 0 Å². The number of amides is 1. The minimum absolute atomic E-state index is 0.170. The molecule has 0 N–H and O–H groups in total. The molecule has 2 fully saturated rings. The lowest BCUT2D eigenvalue weighted by molar-refractivity contribution is -0.133. The minimum atomic E-state index is -2.20. The zero-order chi connectivity index (χ0) is 24.9. The first-order valence-corrected chi connectivity index (χ1v) is 14.1. The summed E-state index contributed by atoms with van der Waals surface area (Å²) < 4.78 is 40.8. The molecule has 2 unspecified atom stereocenters. The first-order valence-electron chi connectivity index (χ1n) is 12.4. The summed E-state index contributed by atoms with van der Waals surface area (Å²) in [6.07, 6.45) is 13.2. The average Bonchev–Trinajstić information content (AvgIpc) is 2.70. The number of alkyl halides is 2. The Morgan fingerprint density at radius 2 is 1.79 bits per heavy atom. The van der Waals surface area contributed by atoms with Crippen molar-refractivity contribution >= 4 is 16.7 Å². The Bertz CT molecular complexity index is 690. The Kier molecular flexibility index (Phi) is 10.1. The summed E-state index contributed by atoms with van der Waals surface area (Å²) >= 11 is 0. The third-order valence-electron chi connectivity index (χ3n) is 7.57. The van der Waals surface area contributed by atoms with E-state index in [0.29, 0.717) is 5.41 Å². The van der Waals surface area contributed by atoms with Crippen LogP contribution >= 0.6 is 0 Å². The second-order valence-corrected chi connectivity index (χ2v) is 13.3. The highest BCUT2D eigenvalue weighted by molar-refractivity contribution is 7.85. The Morgan fingerprint density at radius 1 is 1.21 bits per heavy atom. The van der Waals surface area contributed by atoms with Crippen molar-refractivity contribution in [3.63, 3.8) is 0 Å². The van der Waals surface area contributed by atoms with Gasteiger partial charge in [-0.15, -0.1) is 0 Å². The van der Waals surface area contributed by atoms with Gasteiger partial charge in [0.1, 0.15) is 0 Å². The van der Waals surface area contributed by atoms with Gasteiger partial charge in [-0.3, -0.25) is 9.00 Å². The molecule has 0 aromatic heterocycles. The number of rotatable bonds is 6. The van der Waals surface area contributed by atoms with Crippen molar-refractivity contribution in [2.24, 2.45) is 16.7 Å². The third-order valence-corrected chi connectivity index (χ3v) is 8.82. The van der Waals surface area contributed by atoms with Gasteiger partial charge in [-0.1, -0.05) is 32.9 Å². The van der Waals surface area contributed by atoms with Crippen LogP contribution in [0.25, 0.3) is 0 Å². The monoisotopic (exact) mass is 489 g/mol. The van der Waals surface area contributed by atoms with Crippen molar-refractivity contribution < 1.29 is 22.5 Å². The molecule has 3 rings (SSSR count). The Morgan fingerprint density at radius 3 is 2.21 bits per heavy atom. The molecule has 1 amide bonds. The van der Waals surface area contributed by atoms with Crippen LogP contribution in [0.1, 0.15) is 86.0 Å². The van der Waals surface area contributed by atoms with Crippen LogP contribution in [0.5, 0.6) is 0 Å². The van der Waals surface area contributed by atoms with E-state index in [2.05, 4.69) is 19.1 Å². The molecule has 1 saturated heterocycles. The Labute approximate surface area is 202 Å². The van der Waals surface area contributed by atoms with Crippen molar-refractivity contribution in [2.45, 2.75) is 103 Å². The fourth-order valence-corrected chi connectivity index (χ4v) is 5.82. The van der Waals surface area contributed by atoms with E-state index in [0.717, 1.165) is 44.9 Å². The van der Waals surface area contributed by atoms with Crippen LogP contribution in [-0.4, -0.2) is 58.2 Å². The van der Waals surface area contributed by atoms with Crippen LogP contribution in [0.15, 0.2) is 12.2 Å². The van der Waals surface area contributed by atoms with E-state index in [1.54, 1.807) is 13.2 Å². The van der Waals surface area contributed by atoms with Gasteiger partial charge < -0.3 is 9.64 Å². The number of likely N-dealkylation sites (tertiary alicyclic amines) is 1. The fraction of sp³-hybridized carbons (Fsp3) is 0.885. The van der Waals surface area contributed by atoms with Crippen molar-refractivity contribution in [1.82, 2.24) is 4.90 Å². The largest absolute Gasteiger partial charge is 0.371 e. The van der Waals surface area contributed by atoms with E-state index in [1.807, 2.05) is 4.90 Å². The van der Waals surface area contributed by atoms with E-state index in [-0.39, 0.29) is 16.8 Å². The van der Waals surface area contributed by atoms with Crippen LogP contribution in [-0.2, 0) is 20.3 Å². The molecule has 1 heterocycles. The number of ether oxygens (including phenoxy) is 1. The average molecular weight is 490 g/mol. The van der Waals surface area contributed by atoms with Crippen LogP contribution in [0.2, 0.25) is 0 Å². The first kappa shape index (κ1) is 28.4. The summed E-state index contributed by atoms with van der Waals surface area (Å²) in [5.41, 5.74) is -0.462. The van der Waals surface area contributed by atoms with Crippen molar-refractivity contribution in [1.29, 1.82) is 0 Å². The maximum atomic E-state index is 11.6. The summed E-state index contributed by atoms with van der Waals surface area (Å²) in [6.45, 7) is 11.1. The molecule has 0 aromatic rings. The zero-order valence-electron chi connectivity index (χ0n) is 21.5. The Balaban J connectivity index is 0.000000479. The van der Waals surface area contributed by atoms with Crippen LogP contribution in [0, 0.1) is 16.7 Å².